The molecule has 1 aliphatic carbocycles. The molecular formula is C13H15BrClN. The molecule has 86 valence electrons. The Morgan fingerprint density at radius 1 is 1.38 bits per heavy atom. The first kappa shape index (κ1) is 12.1. The maximum absolute atomic E-state index is 5.87. The molecule has 2 rings (SSSR count). The van der Waals surface area contributed by atoms with Gasteiger partial charge < -0.3 is 0 Å². The average Bonchev–Trinajstić information content (AvgIpc) is 2.29. The lowest BCUT2D eigenvalue weighted by Crippen LogP contribution is -2.00. The van der Waals surface area contributed by atoms with Crippen LogP contribution in [0.4, 0.5) is 0 Å². The second-order valence-corrected chi connectivity index (χ2v) is 5.37. The van der Waals surface area contributed by atoms with Crippen molar-refractivity contribution < 1.29 is 0 Å². The monoisotopic (exact) mass is 299 g/mol. The number of hydrogen-bond acceptors (Lipinski definition) is 1. The summed E-state index contributed by atoms with van der Waals surface area (Å²) in [6, 6.07) is 1.88. The molecule has 0 atom stereocenters. The van der Waals surface area contributed by atoms with Crippen LogP contribution in [0.2, 0.25) is 5.15 Å². The molecule has 16 heavy (non-hydrogen) atoms. The molecule has 3 heteroatoms. The highest BCUT2D eigenvalue weighted by molar-refractivity contribution is 9.10. The normalized spacial score (nSPS) is 16.7. The van der Waals surface area contributed by atoms with Crippen LogP contribution in [-0.4, -0.2) is 4.98 Å². The average molecular weight is 301 g/mol. The molecule has 0 radical (unpaired) electrons. The Morgan fingerprint density at radius 2 is 2.12 bits per heavy atom. The van der Waals surface area contributed by atoms with Crippen LogP contribution in [0.15, 0.2) is 22.3 Å². The first-order valence-corrected chi connectivity index (χ1v) is 6.91. The first-order valence-electron chi connectivity index (χ1n) is 5.74. The van der Waals surface area contributed by atoms with Gasteiger partial charge in [-0.15, -0.1) is 0 Å². The zero-order valence-electron chi connectivity index (χ0n) is 9.39. The quantitative estimate of drug-likeness (QED) is 0.681. The van der Waals surface area contributed by atoms with Crippen molar-refractivity contribution in [2.24, 2.45) is 0 Å². The molecule has 0 aliphatic heterocycles. The molecule has 0 unspecified atom stereocenters. The fourth-order valence-electron chi connectivity index (χ4n) is 2.31. The van der Waals surface area contributed by atoms with Crippen molar-refractivity contribution in [3.8, 4) is 0 Å². The number of nitrogens with zero attached hydrogens (tertiary/aromatic N) is 1. The summed E-state index contributed by atoms with van der Waals surface area (Å²) >= 11 is 9.45. The van der Waals surface area contributed by atoms with Crippen LogP contribution in [0, 0.1) is 0 Å². The van der Waals surface area contributed by atoms with Crippen molar-refractivity contribution in [3.63, 3.8) is 0 Å². The molecule has 0 aromatic carbocycles. The number of rotatable bonds is 2. The number of pyridine rings is 1. The minimum atomic E-state index is 0.546. The standard InChI is InChI=1S/C13H15BrClN/c1-2-9-5-3-4-6-10(9)11-8-16-13(15)7-12(11)14/h7-8H,2-6H2,1H3. The number of allylic oxidation sites excluding steroid dienone is 2. The summed E-state index contributed by atoms with van der Waals surface area (Å²) in [5.74, 6) is 0. The van der Waals surface area contributed by atoms with Crippen molar-refractivity contribution >= 4 is 33.1 Å². The van der Waals surface area contributed by atoms with Gasteiger partial charge in [-0.05, 0) is 59.7 Å². The summed E-state index contributed by atoms with van der Waals surface area (Å²) in [5, 5.41) is 0.546. The van der Waals surface area contributed by atoms with E-state index in [9.17, 15) is 0 Å². The molecule has 0 fully saturated rings. The molecule has 0 amide bonds. The van der Waals surface area contributed by atoms with Crippen LogP contribution in [0.3, 0.4) is 0 Å². The van der Waals surface area contributed by atoms with E-state index in [1.54, 1.807) is 5.57 Å². The van der Waals surface area contributed by atoms with Gasteiger partial charge >= 0.3 is 0 Å². The van der Waals surface area contributed by atoms with Crippen molar-refractivity contribution in [3.05, 3.63) is 33.0 Å². The predicted molar refractivity (Wildman–Crippen MR) is 72.6 cm³/mol. The Bertz CT molecular complexity index is 426. The highest BCUT2D eigenvalue weighted by atomic mass is 79.9. The van der Waals surface area contributed by atoms with Gasteiger partial charge in [0.05, 0.1) is 0 Å². The van der Waals surface area contributed by atoms with E-state index in [4.69, 9.17) is 11.6 Å². The van der Waals surface area contributed by atoms with Gasteiger partial charge in [-0.25, -0.2) is 4.98 Å². The lowest BCUT2D eigenvalue weighted by atomic mass is 9.87. The summed E-state index contributed by atoms with van der Waals surface area (Å²) in [6.45, 7) is 2.23. The smallest absolute Gasteiger partial charge is 0.130 e. The van der Waals surface area contributed by atoms with E-state index in [0.717, 1.165) is 10.9 Å². The van der Waals surface area contributed by atoms with Gasteiger partial charge in [-0.2, -0.15) is 0 Å². The Hall–Kier alpha value is -0.340. The summed E-state index contributed by atoms with van der Waals surface area (Å²) in [5.41, 5.74) is 4.28. The number of aromatic nitrogens is 1. The summed E-state index contributed by atoms with van der Waals surface area (Å²) in [7, 11) is 0. The van der Waals surface area contributed by atoms with Gasteiger partial charge in [0.2, 0.25) is 0 Å². The van der Waals surface area contributed by atoms with E-state index in [2.05, 4.69) is 27.8 Å². The van der Waals surface area contributed by atoms with Crippen molar-refractivity contribution in [1.29, 1.82) is 0 Å². The van der Waals surface area contributed by atoms with Gasteiger partial charge in [-0.3, -0.25) is 0 Å². The highest BCUT2D eigenvalue weighted by Crippen LogP contribution is 2.37. The fraction of sp³-hybridized carbons (Fsp3) is 0.462. The minimum Gasteiger partial charge on any atom is -0.244 e. The van der Waals surface area contributed by atoms with Crippen LogP contribution in [0.1, 0.15) is 44.6 Å². The lowest BCUT2D eigenvalue weighted by Gasteiger charge is -2.20. The molecule has 1 aromatic heterocycles. The maximum Gasteiger partial charge on any atom is 0.130 e. The number of halogens is 2. The Kier molecular flexibility index (Phi) is 4.04. The second kappa shape index (κ2) is 5.33. The molecule has 1 aromatic rings. The maximum atomic E-state index is 5.87. The SMILES string of the molecule is CCC1=C(c2cnc(Cl)cc2Br)CCCC1. The molecule has 1 heterocycles. The summed E-state index contributed by atoms with van der Waals surface area (Å²) in [4.78, 5) is 4.19. The van der Waals surface area contributed by atoms with E-state index in [1.165, 1.54) is 36.8 Å². The molecule has 0 bridgehead atoms. The van der Waals surface area contributed by atoms with E-state index in [-0.39, 0.29) is 0 Å². The molecule has 0 saturated heterocycles. The molecule has 0 spiro atoms. The molecule has 1 nitrogen and oxygen atoms in total. The van der Waals surface area contributed by atoms with Crippen LogP contribution in [-0.2, 0) is 0 Å². The highest BCUT2D eigenvalue weighted by Gasteiger charge is 2.15. The predicted octanol–water partition coefficient (Wildman–Crippen LogP) is 5.24. The van der Waals surface area contributed by atoms with E-state index in [1.807, 2.05) is 12.3 Å². The third-order valence-corrected chi connectivity index (χ3v) is 4.02. The zero-order valence-corrected chi connectivity index (χ0v) is 11.7. The van der Waals surface area contributed by atoms with E-state index in [0.29, 0.717) is 5.15 Å². The largest absolute Gasteiger partial charge is 0.244 e. The van der Waals surface area contributed by atoms with Crippen LogP contribution >= 0.6 is 27.5 Å². The van der Waals surface area contributed by atoms with Gasteiger partial charge in [0.25, 0.3) is 0 Å². The topological polar surface area (TPSA) is 12.9 Å². The second-order valence-electron chi connectivity index (χ2n) is 4.13. The molecule has 0 N–H and O–H groups in total. The Balaban J connectivity index is 2.45. The lowest BCUT2D eigenvalue weighted by molar-refractivity contribution is 0.696. The fourth-order valence-corrected chi connectivity index (χ4v) is 3.16. The van der Waals surface area contributed by atoms with Crippen LogP contribution in [0.25, 0.3) is 5.57 Å². The zero-order chi connectivity index (χ0) is 11.5. The third-order valence-electron chi connectivity index (χ3n) is 3.15. The minimum absolute atomic E-state index is 0.546. The van der Waals surface area contributed by atoms with Crippen molar-refractivity contribution in [1.82, 2.24) is 4.98 Å². The number of hydrogen-bond donors (Lipinski definition) is 0. The summed E-state index contributed by atoms with van der Waals surface area (Å²) < 4.78 is 1.07. The van der Waals surface area contributed by atoms with Crippen LogP contribution in [0.5, 0.6) is 0 Å². The van der Waals surface area contributed by atoms with Gasteiger partial charge in [0.1, 0.15) is 5.15 Å². The first-order chi connectivity index (χ1) is 7.72. The molecule has 1 aliphatic rings. The van der Waals surface area contributed by atoms with E-state index < -0.39 is 0 Å². The van der Waals surface area contributed by atoms with Gasteiger partial charge in [-0.1, -0.05) is 24.1 Å². The third kappa shape index (κ3) is 2.49. The van der Waals surface area contributed by atoms with Crippen molar-refractivity contribution in [2.75, 3.05) is 0 Å². The van der Waals surface area contributed by atoms with Crippen LogP contribution < -0.4 is 0 Å². The van der Waals surface area contributed by atoms with Crippen molar-refractivity contribution in [2.45, 2.75) is 39.0 Å². The Labute approximate surface area is 110 Å². The summed E-state index contributed by atoms with van der Waals surface area (Å²) in [6.07, 6.45) is 8.05. The molecule has 0 saturated carbocycles. The van der Waals surface area contributed by atoms with Gasteiger partial charge in [0.15, 0.2) is 0 Å². The molecular weight excluding hydrogens is 286 g/mol. The van der Waals surface area contributed by atoms with E-state index >= 15 is 0 Å². The van der Waals surface area contributed by atoms with Gasteiger partial charge in [0, 0.05) is 16.2 Å². The Morgan fingerprint density at radius 3 is 2.81 bits per heavy atom.